The first-order valence-corrected chi connectivity index (χ1v) is 9.65. The van der Waals surface area contributed by atoms with E-state index in [0.717, 1.165) is 25.9 Å². The van der Waals surface area contributed by atoms with Gasteiger partial charge in [-0.15, -0.1) is 0 Å². The number of anilines is 1. The third-order valence-electron chi connectivity index (χ3n) is 6.34. The minimum atomic E-state index is -0.473. The smallest absolute Gasteiger partial charge is 0.329 e. The zero-order chi connectivity index (χ0) is 18.9. The Kier molecular flexibility index (Phi) is 3.50. The van der Waals surface area contributed by atoms with Crippen molar-refractivity contribution in [3.63, 3.8) is 0 Å². The number of H-pyrrole nitrogens is 1. The minimum Gasteiger partial charge on any atom is -0.339 e. The molecule has 9 nitrogen and oxygen atoms in total. The van der Waals surface area contributed by atoms with Gasteiger partial charge >= 0.3 is 5.69 Å². The minimum absolute atomic E-state index is 0.0237. The van der Waals surface area contributed by atoms with Gasteiger partial charge < -0.3 is 14.4 Å². The number of aromatic nitrogens is 4. The number of hydrogen-bond acceptors (Lipinski definition) is 5. The van der Waals surface area contributed by atoms with Crippen LogP contribution in [0.1, 0.15) is 25.7 Å². The van der Waals surface area contributed by atoms with E-state index in [9.17, 15) is 14.4 Å². The lowest BCUT2D eigenvalue weighted by molar-refractivity contribution is -0.140. The highest BCUT2D eigenvalue weighted by Gasteiger charge is 2.43. The number of imidazole rings is 1. The predicted octanol–water partition coefficient (Wildman–Crippen LogP) is -0.202. The molecule has 5 heterocycles. The fraction of sp³-hybridized carbons (Fsp3) is 0.667. The number of fused-ring (bicyclic) bond motifs is 5. The van der Waals surface area contributed by atoms with Crippen molar-refractivity contribution in [1.82, 2.24) is 24.0 Å². The summed E-state index contributed by atoms with van der Waals surface area (Å²) in [7, 11) is 3.39. The predicted molar refractivity (Wildman–Crippen MR) is 99.7 cm³/mol. The van der Waals surface area contributed by atoms with E-state index in [0.29, 0.717) is 29.6 Å². The number of nitrogens with one attached hydrogen (secondary N) is 1. The van der Waals surface area contributed by atoms with E-state index in [-0.39, 0.29) is 17.9 Å². The van der Waals surface area contributed by atoms with Crippen LogP contribution in [0, 0.1) is 11.8 Å². The molecule has 144 valence electrons. The van der Waals surface area contributed by atoms with E-state index >= 15 is 0 Å². The topological polar surface area (TPSA) is 96.2 Å². The SMILES string of the molecule is Cn1c(N2C[C@H]3CC[C@@H](C2)N(CC2CC2)C3=O)nc2c1c(=O)[nH]c(=O)n2C. The molecule has 2 atom stereocenters. The van der Waals surface area contributed by atoms with Crippen LogP contribution in [0.4, 0.5) is 5.95 Å². The third kappa shape index (κ3) is 2.51. The first-order chi connectivity index (χ1) is 12.9. The fourth-order valence-corrected chi connectivity index (χ4v) is 4.60. The van der Waals surface area contributed by atoms with Gasteiger partial charge in [0.15, 0.2) is 11.2 Å². The molecular weight excluding hydrogens is 348 g/mol. The second-order valence-electron chi connectivity index (χ2n) is 8.23. The van der Waals surface area contributed by atoms with E-state index in [1.54, 1.807) is 18.7 Å². The maximum Gasteiger partial charge on any atom is 0.329 e. The van der Waals surface area contributed by atoms with Crippen LogP contribution in [0.3, 0.4) is 0 Å². The first kappa shape index (κ1) is 16.6. The number of piperidine rings is 1. The highest BCUT2D eigenvalue weighted by molar-refractivity contribution is 5.82. The quantitative estimate of drug-likeness (QED) is 0.805. The monoisotopic (exact) mass is 372 g/mol. The van der Waals surface area contributed by atoms with Gasteiger partial charge in [0.1, 0.15) is 0 Å². The van der Waals surface area contributed by atoms with Crippen molar-refractivity contribution in [2.24, 2.45) is 25.9 Å². The molecule has 27 heavy (non-hydrogen) atoms. The van der Waals surface area contributed by atoms with Crippen LogP contribution >= 0.6 is 0 Å². The Morgan fingerprint density at radius 1 is 1.04 bits per heavy atom. The molecule has 3 saturated heterocycles. The lowest BCUT2D eigenvalue weighted by Crippen LogP contribution is -2.48. The molecule has 1 saturated carbocycles. The average Bonchev–Trinajstić information content (AvgIpc) is 3.42. The largest absolute Gasteiger partial charge is 0.339 e. The van der Waals surface area contributed by atoms with E-state index in [1.807, 2.05) is 0 Å². The van der Waals surface area contributed by atoms with E-state index in [2.05, 4.69) is 19.8 Å². The van der Waals surface area contributed by atoms with Crippen LogP contribution in [0.25, 0.3) is 11.2 Å². The van der Waals surface area contributed by atoms with Crippen LogP contribution in [-0.4, -0.2) is 55.6 Å². The highest BCUT2D eigenvalue weighted by Crippen LogP contribution is 2.36. The summed E-state index contributed by atoms with van der Waals surface area (Å²) in [5, 5.41) is 0. The molecule has 3 aliphatic heterocycles. The van der Waals surface area contributed by atoms with Gasteiger partial charge in [0.2, 0.25) is 11.9 Å². The first-order valence-electron chi connectivity index (χ1n) is 9.65. The summed E-state index contributed by atoms with van der Waals surface area (Å²) in [6.45, 7) is 2.21. The number of aryl methyl sites for hydroxylation is 2. The number of nitrogens with zero attached hydrogens (tertiary/aromatic N) is 5. The number of carbonyl (C=O) groups excluding carboxylic acids is 1. The summed E-state index contributed by atoms with van der Waals surface area (Å²) in [5.74, 6) is 1.56. The summed E-state index contributed by atoms with van der Waals surface area (Å²) in [5.41, 5.74) is -0.152. The molecule has 2 bridgehead atoms. The summed E-state index contributed by atoms with van der Waals surface area (Å²) < 4.78 is 3.10. The van der Waals surface area contributed by atoms with Crippen molar-refractivity contribution in [3.05, 3.63) is 20.8 Å². The summed E-state index contributed by atoms with van der Waals surface area (Å²) in [4.78, 5) is 48.3. The highest BCUT2D eigenvalue weighted by atomic mass is 16.2. The molecule has 0 unspecified atom stereocenters. The summed E-state index contributed by atoms with van der Waals surface area (Å²) in [6.07, 6.45) is 4.38. The lowest BCUT2D eigenvalue weighted by Gasteiger charge is -2.36. The van der Waals surface area contributed by atoms with Gasteiger partial charge in [0.25, 0.3) is 5.56 Å². The maximum absolute atomic E-state index is 12.9. The molecule has 0 aromatic carbocycles. The Morgan fingerprint density at radius 3 is 2.56 bits per heavy atom. The van der Waals surface area contributed by atoms with Gasteiger partial charge in [-0.25, -0.2) is 4.79 Å². The van der Waals surface area contributed by atoms with Crippen molar-refractivity contribution in [3.8, 4) is 0 Å². The van der Waals surface area contributed by atoms with Crippen molar-refractivity contribution in [2.45, 2.75) is 31.7 Å². The standard InChI is InChI=1S/C18H24N6O3/c1-21-13-14(22(2)18(27)20-15(13)25)19-17(21)23-8-11-5-6-12(9-23)24(16(11)26)7-10-3-4-10/h10-12H,3-9H2,1-2H3,(H,20,25,27)/t11-,12+/m1/s1. The van der Waals surface area contributed by atoms with Gasteiger partial charge in [-0.1, -0.05) is 0 Å². The van der Waals surface area contributed by atoms with Crippen molar-refractivity contribution in [2.75, 3.05) is 24.5 Å². The molecule has 2 aromatic rings. The Labute approximate surface area is 155 Å². The van der Waals surface area contributed by atoms with Gasteiger partial charge in [-0.05, 0) is 31.6 Å². The van der Waals surface area contributed by atoms with Crippen LogP contribution < -0.4 is 16.1 Å². The number of carbonyl (C=O) groups is 1. The molecule has 9 heteroatoms. The zero-order valence-electron chi connectivity index (χ0n) is 15.6. The number of rotatable bonds is 3. The normalized spacial score (nSPS) is 25.5. The van der Waals surface area contributed by atoms with Crippen LogP contribution in [0.2, 0.25) is 0 Å². The van der Waals surface area contributed by atoms with E-state index < -0.39 is 11.2 Å². The molecule has 1 amide bonds. The third-order valence-corrected chi connectivity index (χ3v) is 6.34. The second kappa shape index (κ2) is 5.71. The second-order valence-corrected chi connectivity index (χ2v) is 8.23. The molecule has 4 aliphatic rings. The molecular formula is C18H24N6O3. The Balaban J connectivity index is 1.55. The molecule has 2 aromatic heterocycles. The fourth-order valence-electron chi connectivity index (χ4n) is 4.60. The van der Waals surface area contributed by atoms with Crippen LogP contribution in [-0.2, 0) is 18.9 Å². The van der Waals surface area contributed by atoms with Gasteiger partial charge in [0.05, 0.1) is 5.92 Å². The van der Waals surface area contributed by atoms with E-state index in [4.69, 9.17) is 0 Å². The Bertz CT molecular complexity index is 1050. The van der Waals surface area contributed by atoms with Gasteiger partial charge in [-0.2, -0.15) is 4.98 Å². The Morgan fingerprint density at radius 2 is 1.81 bits per heavy atom. The molecule has 1 aliphatic carbocycles. The number of hydrogen-bond donors (Lipinski definition) is 1. The molecule has 1 N–H and O–H groups in total. The lowest BCUT2D eigenvalue weighted by atomic mass is 9.94. The molecule has 0 spiro atoms. The van der Waals surface area contributed by atoms with Gasteiger partial charge in [-0.3, -0.25) is 19.1 Å². The molecule has 0 radical (unpaired) electrons. The van der Waals surface area contributed by atoms with Crippen LogP contribution in [0.15, 0.2) is 9.59 Å². The summed E-state index contributed by atoms with van der Waals surface area (Å²) in [6, 6.07) is 0.193. The number of amides is 1. The average molecular weight is 372 g/mol. The van der Waals surface area contributed by atoms with Crippen LogP contribution in [0.5, 0.6) is 0 Å². The molecule has 6 rings (SSSR count). The van der Waals surface area contributed by atoms with Crippen molar-refractivity contribution >= 4 is 23.0 Å². The molecule has 4 fully saturated rings. The van der Waals surface area contributed by atoms with Crippen molar-refractivity contribution in [1.29, 1.82) is 0 Å². The van der Waals surface area contributed by atoms with E-state index in [1.165, 1.54) is 17.4 Å². The summed E-state index contributed by atoms with van der Waals surface area (Å²) >= 11 is 0. The number of aromatic amines is 1. The Hall–Kier alpha value is -2.58. The zero-order valence-corrected chi connectivity index (χ0v) is 15.6. The van der Waals surface area contributed by atoms with Crippen molar-refractivity contribution < 1.29 is 4.79 Å². The van der Waals surface area contributed by atoms with Gasteiger partial charge in [0, 0.05) is 39.8 Å². The maximum atomic E-state index is 12.9.